The number of hydrogen-bond donors (Lipinski definition) is 2. The number of carbonyl (C=O) groups excluding carboxylic acids is 1. The highest BCUT2D eigenvalue weighted by Crippen LogP contribution is 2.24. The Kier molecular flexibility index (Phi) is 6.89. The molecular formula is C20H23Cl2N3O. The maximum absolute atomic E-state index is 12.5. The van der Waals surface area contributed by atoms with E-state index in [1.54, 1.807) is 24.5 Å². The molecule has 4 nitrogen and oxygen atoms in total. The zero-order valence-corrected chi connectivity index (χ0v) is 16.0. The van der Waals surface area contributed by atoms with Crippen LogP contribution in [0.25, 0.3) is 0 Å². The number of rotatable bonds is 6. The largest absolute Gasteiger partial charge is 0.346 e. The zero-order chi connectivity index (χ0) is 18.4. The Morgan fingerprint density at radius 3 is 2.73 bits per heavy atom. The highest BCUT2D eigenvalue weighted by atomic mass is 35.5. The number of carbonyl (C=O) groups is 1. The normalized spacial score (nSPS) is 22.8. The first kappa shape index (κ1) is 19.2. The number of hydrogen-bond acceptors (Lipinski definition) is 3. The van der Waals surface area contributed by atoms with E-state index in [4.69, 9.17) is 23.2 Å². The summed E-state index contributed by atoms with van der Waals surface area (Å²) in [5, 5.41) is 7.35. The first-order valence-electron chi connectivity index (χ1n) is 8.96. The van der Waals surface area contributed by atoms with Crippen molar-refractivity contribution in [2.45, 2.75) is 43.1 Å². The summed E-state index contributed by atoms with van der Waals surface area (Å²) >= 11 is 12.5. The van der Waals surface area contributed by atoms with Gasteiger partial charge in [0.25, 0.3) is 5.91 Å². The molecule has 2 N–H and O–H groups in total. The lowest BCUT2D eigenvalue weighted by molar-refractivity contribution is 0.0916. The molecule has 0 saturated heterocycles. The molecule has 3 unspecified atom stereocenters. The molecule has 3 atom stereocenters. The maximum Gasteiger partial charge on any atom is 0.253 e. The SMILES string of the molecule is O=C(NC1C(Cl)CCCC1NCCc1ccc(Cl)cc1)c1cccnc1. The first-order valence-corrected chi connectivity index (χ1v) is 9.78. The standard InChI is InChI=1S/C20H23Cl2N3O/c21-16-8-6-14(7-9-16)10-12-24-18-5-1-4-17(22)19(18)25-20(26)15-3-2-11-23-13-15/h2-3,6-9,11,13,17-19,24H,1,4-5,10,12H2,(H,25,26). The number of pyridine rings is 1. The number of alkyl halides is 1. The number of halogens is 2. The van der Waals surface area contributed by atoms with Crippen molar-refractivity contribution in [3.05, 3.63) is 64.9 Å². The van der Waals surface area contributed by atoms with Crippen LogP contribution < -0.4 is 10.6 Å². The van der Waals surface area contributed by atoms with Gasteiger partial charge in [-0.3, -0.25) is 9.78 Å². The van der Waals surface area contributed by atoms with E-state index < -0.39 is 0 Å². The molecule has 0 aliphatic heterocycles. The third-order valence-corrected chi connectivity index (χ3v) is 5.51. The van der Waals surface area contributed by atoms with Gasteiger partial charge in [-0.25, -0.2) is 0 Å². The maximum atomic E-state index is 12.5. The van der Waals surface area contributed by atoms with Gasteiger partial charge in [0.1, 0.15) is 0 Å². The molecule has 0 bridgehead atoms. The van der Waals surface area contributed by atoms with Crippen LogP contribution in [0.3, 0.4) is 0 Å². The molecule has 3 rings (SSSR count). The number of nitrogens with zero attached hydrogens (tertiary/aromatic N) is 1. The minimum absolute atomic E-state index is 0.0718. The molecule has 0 spiro atoms. The monoisotopic (exact) mass is 391 g/mol. The molecule has 1 aliphatic carbocycles. The Labute approximate surface area is 164 Å². The smallest absolute Gasteiger partial charge is 0.253 e. The highest BCUT2D eigenvalue weighted by molar-refractivity contribution is 6.30. The van der Waals surface area contributed by atoms with Crippen molar-refractivity contribution in [3.63, 3.8) is 0 Å². The fraction of sp³-hybridized carbons (Fsp3) is 0.400. The van der Waals surface area contributed by atoms with Crippen molar-refractivity contribution in [2.24, 2.45) is 0 Å². The fourth-order valence-corrected chi connectivity index (χ4v) is 3.87. The van der Waals surface area contributed by atoms with E-state index in [1.807, 2.05) is 24.3 Å². The van der Waals surface area contributed by atoms with Crippen LogP contribution in [0, 0.1) is 0 Å². The van der Waals surface area contributed by atoms with E-state index >= 15 is 0 Å². The third kappa shape index (κ3) is 5.19. The summed E-state index contributed by atoms with van der Waals surface area (Å²) < 4.78 is 0. The molecule has 26 heavy (non-hydrogen) atoms. The Bertz CT molecular complexity index is 709. The van der Waals surface area contributed by atoms with Gasteiger partial charge >= 0.3 is 0 Å². The van der Waals surface area contributed by atoms with Crippen molar-refractivity contribution in [3.8, 4) is 0 Å². The Balaban J connectivity index is 1.57. The molecule has 6 heteroatoms. The fourth-order valence-electron chi connectivity index (χ4n) is 3.35. The second-order valence-electron chi connectivity index (χ2n) is 6.62. The molecule has 1 aliphatic rings. The molecule has 0 radical (unpaired) electrons. The first-order chi connectivity index (χ1) is 12.6. The van der Waals surface area contributed by atoms with Gasteiger partial charge < -0.3 is 10.6 Å². The zero-order valence-electron chi connectivity index (χ0n) is 14.5. The van der Waals surface area contributed by atoms with Crippen LogP contribution in [0.15, 0.2) is 48.8 Å². The van der Waals surface area contributed by atoms with Crippen molar-refractivity contribution < 1.29 is 4.79 Å². The van der Waals surface area contributed by atoms with Crippen LogP contribution in [-0.4, -0.2) is 34.9 Å². The molecular weight excluding hydrogens is 369 g/mol. The van der Waals surface area contributed by atoms with Gasteiger partial charge in [0.05, 0.1) is 17.0 Å². The second-order valence-corrected chi connectivity index (χ2v) is 7.62. The second kappa shape index (κ2) is 9.36. The van der Waals surface area contributed by atoms with Crippen LogP contribution in [0.4, 0.5) is 0 Å². The molecule has 1 aromatic heterocycles. The van der Waals surface area contributed by atoms with Gasteiger partial charge in [-0.2, -0.15) is 0 Å². The summed E-state index contributed by atoms with van der Waals surface area (Å²) in [6, 6.07) is 11.5. The number of aromatic nitrogens is 1. The van der Waals surface area contributed by atoms with Gasteiger partial charge in [-0.05, 0) is 55.6 Å². The summed E-state index contributed by atoms with van der Waals surface area (Å²) in [7, 11) is 0. The predicted molar refractivity (Wildman–Crippen MR) is 106 cm³/mol. The lowest BCUT2D eigenvalue weighted by Gasteiger charge is -2.36. The molecule has 1 saturated carbocycles. The average molecular weight is 392 g/mol. The summed E-state index contributed by atoms with van der Waals surface area (Å²) in [5.74, 6) is -0.125. The Morgan fingerprint density at radius 1 is 1.19 bits per heavy atom. The molecule has 2 aromatic rings. The molecule has 1 amide bonds. The average Bonchev–Trinajstić information content (AvgIpc) is 2.66. The predicted octanol–water partition coefficient (Wildman–Crippen LogP) is 3.83. The minimum atomic E-state index is -0.125. The molecule has 138 valence electrons. The topological polar surface area (TPSA) is 54.0 Å². The van der Waals surface area contributed by atoms with Crippen molar-refractivity contribution in [1.82, 2.24) is 15.6 Å². The van der Waals surface area contributed by atoms with Gasteiger partial charge in [0, 0.05) is 23.5 Å². The number of benzene rings is 1. The summed E-state index contributed by atoms with van der Waals surface area (Å²) in [5.41, 5.74) is 1.79. The summed E-state index contributed by atoms with van der Waals surface area (Å²) in [6.45, 7) is 0.829. The number of amides is 1. The van der Waals surface area contributed by atoms with Gasteiger partial charge in [-0.1, -0.05) is 30.2 Å². The van der Waals surface area contributed by atoms with Crippen LogP contribution in [0.2, 0.25) is 5.02 Å². The lowest BCUT2D eigenvalue weighted by Crippen LogP contribution is -2.56. The highest BCUT2D eigenvalue weighted by Gasteiger charge is 2.33. The van der Waals surface area contributed by atoms with Crippen LogP contribution >= 0.6 is 23.2 Å². The lowest BCUT2D eigenvalue weighted by atomic mass is 9.89. The van der Waals surface area contributed by atoms with Gasteiger partial charge in [0.15, 0.2) is 0 Å². The third-order valence-electron chi connectivity index (χ3n) is 4.77. The van der Waals surface area contributed by atoms with Crippen LogP contribution in [0.1, 0.15) is 35.2 Å². The quantitative estimate of drug-likeness (QED) is 0.735. The van der Waals surface area contributed by atoms with Crippen molar-refractivity contribution >= 4 is 29.1 Å². The van der Waals surface area contributed by atoms with Gasteiger partial charge in [-0.15, -0.1) is 11.6 Å². The van der Waals surface area contributed by atoms with E-state index in [2.05, 4.69) is 15.6 Å². The van der Waals surface area contributed by atoms with E-state index in [0.29, 0.717) is 5.56 Å². The summed E-state index contributed by atoms with van der Waals surface area (Å²) in [4.78, 5) is 16.5. The Hall–Kier alpha value is -1.62. The van der Waals surface area contributed by atoms with E-state index in [9.17, 15) is 4.79 Å². The molecule has 1 fully saturated rings. The summed E-state index contributed by atoms with van der Waals surface area (Å²) in [6.07, 6.45) is 7.11. The van der Waals surface area contributed by atoms with Crippen LogP contribution in [0.5, 0.6) is 0 Å². The van der Waals surface area contributed by atoms with E-state index in [1.165, 1.54) is 5.56 Å². The van der Waals surface area contributed by atoms with Crippen molar-refractivity contribution in [1.29, 1.82) is 0 Å². The van der Waals surface area contributed by atoms with E-state index in [-0.39, 0.29) is 23.4 Å². The Morgan fingerprint density at radius 2 is 2.00 bits per heavy atom. The van der Waals surface area contributed by atoms with Crippen molar-refractivity contribution in [2.75, 3.05) is 6.54 Å². The van der Waals surface area contributed by atoms with E-state index in [0.717, 1.165) is 37.3 Å². The molecule has 1 heterocycles. The van der Waals surface area contributed by atoms with Crippen LogP contribution in [-0.2, 0) is 6.42 Å². The van der Waals surface area contributed by atoms with Gasteiger partial charge in [0.2, 0.25) is 0 Å². The minimum Gasteiger partial charge on any atom is -0.346 e. The number of nitrogens with one attached hydrogen (secondary N) is 2. The molecule has 1 aromatic carbocycles.